The molecule has 1 aromatic carbocycles. The number of carbonyl (C=O) groups excluding carboxylic acids is 2. The van der Waals surface area contributed by atoms with Crippen LogP contribution in [0.3, 0.4) is 0 Å². The number of methoxy groups -OCH3 is 1. The van der Waals surface area contributed by atoms with Crippen molar-refractivity contribution in [1.82, 2.24) is 0 Å². The van der Waals surface area contributed by atoms with Crippen LogP contribution in [0.1, 0.15) is 25.8 Å². The molecule has 0 saturated carbocycles. The molecule has 7 heteroatoms. The van der Waals surface area contributed by atoms with E-state index >= 15 is 0 Å². The van der Waals surface area contributed by atoms with Crippen LogP contribution in [0, 0.1) is 0 Å². The molecule has 0 N–H and O–H groups in total. The zero-order valence-corrected chi connectivity index (χ0v) is 13.6. The number of furan rings is 1. The van der Waals surface area contributed by atoms with Crippen LogP contribution < -0.4 is 0 Å². The summed E-state index contributed by atoms with van der Waals surface area (Å²) in [5, 5.41) is 1.17. The molecule has 0 saturated heterocycles. The molecule has 118 valence electrons. The van der Waals surface area contributed by atoms with E-state index in [1.54, 1.807) is 0 Å². The monoisotopic (exact) mass is 350 g/mol. The molecule has 5 nitrogen and oxygen atoms in total. The fourth-order valence-corrected chi connectivity index (χ4v) is 3.49. The maximum atomic E-state index is 12.2. The number of halogens is 1. The highest BCUT2D eigenvalue weighted by Crippen LogP contribution is 2.35. The molecule has 0 aliphatic carbocycles. The van der Waals surface area contributed by atoms with Crippen molar-refractivity contribution < 1.29 is 23.5 Å². The van der Waals surface area contributed by atoms with Crippen LogP contribution in [0.4, 0.5) is 0 Å². The van der Waals surface area contributed by atoms with Gasteiger partial charge in [-0.15, -0.1) is 11.3 Å². The Morgan fingerprint density at radius 3 is 2.74 bits per heavy atom. The summed E-state index contributed by atoms with van der Waals surface area (Å²) in [5.74, 6) is -0.893. The number of hydrogen-bond acceptors (Lipinski definition) is 6. The van der Waals surface area contributed by atoms with Gasteiger partial charge in [0.25, 0.3) is 0 Å². The number of fused-ring (bicyclic) bond motifs is 1. The molecule has 0 atom stereocenters. The molecule has 0 unspecified atom stereocenters. The number of esters is 2. The van der Waals surface area contributed by atoms with E-state index in [1.807, 2.05) is 24.3 Å². The van der Waals surface area contributed by atoms with Crippen LogP contribution in [0.25, 0.3) is 10.1 Å². The first-order valence-electron chi connectivity index (χ1n) is 6.60. The van der Waals surface area contributed by atoms with Gasteiger partial charge in [0.15, 0.2) is 12.4 Å². The van der Waals surface area contributed by atoms with E-state index in [0.29, 0.717) is 9.90 Å². The van der Waals surface area contributed by atoms with E-state index in [2.05, 4.69) is 4.74 Å². The number of rotatable bonds is 4. The first kappa shape index (κ1) is 15.6. The predicted octanol–water partition coefficient (Wildman–Crippen LogP) is 4.29. The van der Waals surface area contributed by atoms with Crippen LogP contribution in [-0.4, -0.2) is 19.0 Å². The Kier molecular flexibility index (Phi) is 4.36. The van der Waals surface area contributed by atoms with E-state index in [1.165, 1.54) is 30.8 Å². The lowest BCUT2D eigenvalue weighted by Gasteiger charge is -2.03. The maximum Gasteiger partial charge on any atom is 0.350 e. The van der Waals surface area contributed by atoms with Gasteiger partial charge in [-0.3, -0.25) is 0 Å². The molecule has 2 heterocycles. The molecule has 0 fully saturated rings. The van der Waals surface area contributed by atoms with Crippen LogP contribution in [0.15, 0.2) is 41.0 Å². The fourth-order valence-electron chi connectivity index (χ4n) is 2.09. The van der Waals surface area contributed by atoms with Crippen molar-refractivity contribution in [1.29, 1.82) is 0 Å². The summed E-state index contributed by atoms with van der Waals surface area (Å²) in [5.41, 5.74) is 0.225. The van der Waals surface area contributed by atoms with Crippen molar-refractivity contribution in [2.75, 3.05) is 7.11 Å². The van der Waals surface area contributed by atoms with Gasteiger partial charge in [-0.25, -0.2) is 9.59 Å². The fraction of sp³-hybridized carbons (Fsp3) is 0.125. The highest BCUT2D eigenvalue weighted by atomic mass is 35.5. The molecular weight excluding hydrogens is 340 g/mol. The number of ether oxygens (including phenoxy) is 2. The molecule has 0 spiro atoms. The van der Waals surface area contributed by atoms with Crippen LogP contribution in [0.2, 0.25) is 5.02 Å². The van der Waals surface area contributed by atoms with Gasteiger partial charge in [0, 0.05) is 10.1 Å². The Morgan fingerprint density at radius 1 is 1.22 bits per heavy atom. The molecular formula is C16H11ClO5S. The van der Waals surface area contributed by atoms with E-state index < -0.39 is 11.9 Å². The van der Waals surface area contributed by atoms with Crippen LogP contribution in [0.5, 0.6) is 0 Å². The van der Waals surface area contributed by atoms with Crippen molar-refractivity contribution in [3.05, 3.63) is 57.8 Å². The summed E-state index contributed by atoms with van der Waals surface area (Å²) in [6, 6.07) is 8.90. The summed E-state index contributed by atoms with van der Waals surface area (Å²) in [6.07, 6.45) is 1.34. The van der Waals surface area contributed by atoms with Gasteiger partial charge in [-0.05, 0) is 12.1 Å². The average molecular weight is 351 g/mol. The van der Waals surface area contributed by atoms with Crippen LogP contribution >= 0.6 is 22.9 Å². The molecule has 0 aliphatic rings. The number of carbonyl (C=O) groups is 2. The maximum absolute atomic E-state index is 12.2. The van der Waals surface area contributed by atoms with Crippen molar-refractivity contribution >= 4 is 45.0 Å². The highest BCUT2D eigenvalue weighted by molar-refractivity contribution is 7.21. The van der Waals surface area contributed by atoms with Gasteiger partial charge in [-0.2, -0.15) is 0 Å². The molecule has 0 radical (unpaired) electrons. The van der Waals surface area contributed by atoms with Gasteiger partial charge in [0.1, 0.15) is 10.4 Å². The Hall–Kier alpha value is -2.31. The van der Waals surface area contributed by atoms with E-state index in [9.17, 15) is 9.59 Å². The minimum absolute atomic E-state index is 0.180. The molecule has 2 aromatic heterocycles. The Morgan fingerprint density at radius 2 is 2.00 bits per heavy atom. The average Bonchev–Trinajstić information content (AvgIpc) is 3.17. The third kappa shape index (κ3) is 2.95. The lowest BCUT2D eigenvalue weighted by Crippen LogP contribution is -2.07. The van der Waals surface area contributed by atoms with Crippen molar-refractivity contribution in [3.63, 3.8) is 0 Å². The van der Waals surface area contributed by atoms with E-state index in [4.69, 9.17) is 20.8 Å². The van der Waals surface area contributed by atoms with Gasteiger partial charge in [0.05, 0.1) is 18.4 Å². The van der Waals surface area contributed by atoms with Crippen LogP contribution in [-0.2, 0) is 16.1 Å². The van der Waals surface area contributed by atoms with Crippen molar-refractivity contribution in [2.24, 2.45) is 0 Å². The normalized spacial score (nSPS) is 10.7. The summed E-state index contributed by atoms with van der Waals surface area (Å²) in [7, 11) is 1.27. The summed E-state index contributed by atoms with van der Waals surface area (Å²) >= 11 is 7.48. The number of hydrogen-bond donors (Lipinski definition) is 0. The number of benzene rings is 1. The van der Waals surface area contributed by atoms with E-state index in [-0.39, 0.29) is 17.9 Å². The van der Waals surface area contributed by atoms with Gasteiger partial charge >= 0.3 is 11.9 Å². The second kappa shape index (κ2) is 6.44. The summed E-state index contributed by atoms with van der Waals surface area (Å²) < 4.78 is 15.9. The topological polar surface area (TPSA) is 65.7 Å². The molecule has 3 aromatic rings. The molecule has 3 rings (SSSR count). The van der Waals surface area contributed by atoms with Gasteiger partial charge in [0.2, 0.25) is 0 Å². The largest absolute Gasteiger partial charge is 0.465 e. The van der Waals surface area contributed by atoms with Crippen molar-refractivity contribution in [3.8, 4) is 0 Å². The molecule has 23 heavy (non-hydrogen) atoms. The summed E-state index contributed by atoms with van der Waals surface area (Å²) in [4.78, 5) is 24.1. The van der Waals surface area contributed by atoms with E-state index in [0.717, 1.165) is 10.1 Å². The quantitative estimate of drug-likeness (QED) is 0.656. The second-order valence-corrected chi connectivity index (χ2v) is 6.00. The molecule has 0 amide bonds. The Labute approximate surface area is 140 Å². The smallest absolute Gasteiger partial charge is 0.350 e. The minimum Gasteiger partial charge on any atom is -0.465 e. The summed E-state index contributed by atoms with van der Waals surface area (Å²) in [6.45, 7) is -0.180. The number of thiophene rings is 1. The lowest BCUT2D eigenvalue weighted by atomic mass is 10.2. The first-order chi connectivity index (χ1) is 11.1. The van der Waals surface area contributed by atoms with Gasteiger partial charge < -0.3 is 13.9 Å². The third-order valence-electron chi connectivity index (χ3n) is 3.21. The standard InChI is InChI=1S/C16H11ClO5S/c1-20-15(18)9-6-7-21-11(9)8-22-16(19)14-13(17)10-4-2-3-5-12(10)23-14/h2-7H,8H2,1H3. The molecule has 0 aliphatic heterocycles. The second-order valence-electron chi connectivity index (χ2n) is 4.57. The Balaban J connectivity index is 1.78. The minimum atomic E-state index is -0.566. The van der Waals surface area contributed by atoms with Crippen molar-refractivity contribution in [2.45, 2.75) is 6.61 Å². The lowest BCUT2D eigenvalue weighted by molar-refractivity contribution is 0.0438. The highest BCUT2D eigenvalue weighted by Gasteiger charge is 2.21. The molecule has 0 bridgehead atoms. The zero-order chi connectivity index (χ0) is 16.4. The zero-order valence-electron chi connectivity index (χ0n) is 12.0. The Bertz CT molecular complexity index is 880. The SMILES string of the molecule is COC(=O)c1ccoc1COC(=O)c1sc2ccccc2c1Cl. The first-order valence-corrected chi connectivity index (χ1v) is 7.80. The predicted molar refractivity (Wildman–Crippen MR) is 86.0 cm³/mol. The van der Waals surface area contributed by atoms with Gasteiger partial charge in [-0.1, -0.05) is 29.8 Å². The third-order valence-corrected chi connectivity index (χ3v) is 4.86.